The predicted molar refractivity (Wildman–Crippen MR) is 83.6 cm³/mol. The van der Waals surface area contributed by atoms with Gasteiger partial charge in [0.2, 0.25) is 10.0 Å². The Hall–Kier alpha value is -0.910. The van der Waals surface area contributed by atoms with E-state index >= 15 is 0 Å². The minimum atomic E-state index is -3.48. The number of hydrogen-bond donors (Lipinski definition) is 2. The van der Waals surface area contributed by atoms with Crippen molar-refractivity contribution in [3.8, 4) is 0 Å². The molecule has 0 bridgehead atoms. The highest BCUT2D eigenvalue weighted by atomic mass is 32.2. The van der Waals surface area contributed by atoms with Crippen LogP contribution in [0.5, 0.6) is 0 Å². The second-order valence-corrected chi connectivity index (χ2v) is 7.32. The zero-order valence-corrected chi connectivity index (χ0v) is 14.1. The van der Waals surface area contributed by atoms with Crippen LogP contribution in [0.2, 0.25) is 0 Å². The third-order valence-electron chi connectivity index (χ3n) is 4.09. The minimum Gasteiger partial charge on any atom is -0.328 e. The van der Waals surface area contributed by atoms with Crippen LogP contribution in [-0.2, 0) is 10.0 Å². The summed E-state index contributed by atoms with van der Waals surface area (Å²) in [7, 11) is -3.48. The van der Waals surface area contributed by atoms with Crippen molar-refractivity contribution >= 4 is 10.0 Å². The van der Waals surface area contributed by atoms with Gasteiger partial charge in [-0.25, -0.2) is 13.1 Å². The fourth-order valence-electron chi connectivity index (χ4n) is 2.36. The lowest BCUT2D eigenvalue weighted by Gasteiger charge is -2.19. The maximum Gasteiger partial charge on any atom is 0.241 e. The van der Waals surface area contributed by atoms with Gasteiger partial charge in [0.15, 0.2) is 0 Å². The molecule has 0 heterocycles. The van der Waals surface area contributed by atoms with Crippen molar-refractivity contribution in [1.82, 2.24) is 4.72 Å². The van der Waals surface area contributed by atoms with Gasteiger partial charge in [0.25, 0.3) is 0 Å². The summed E-state index contributed by atoms with van der Waals surface area (Å²) in [6.07, 6.45) is 0.626. The largest absolute Gasteiger partial charge is 0.328 e. The molecule has 0 aromatic heterocycles. The van der Waals surface area contributed by atoms with Crippen LogP contribution in [0.3, 0.4) is 0 Å². The highest BCUT2D eigenvalue weighted by molar-refractivity contribution is 7.89. The van der Waals surface area contributed by atoms with E-state index in [4.69, 9.17) is 5.73 Å². The lowest BCUT2D eigenvalue weighted by Crippen LogP contribution is -2.30. The van der Waals surface area contributed by atoms with Gasteiger partial charge in [-0.05, 0) is 75.8 Å². The molecule has 0 amide bonds. The quantitative estimate of drug-likeness (QED) is 0.875. The van der Waals surface area contributed by atoms with Gasteiger partial charge in [0.1, 0.15) is 0 Å². The first-order valence-corrected chi connectivity index (χ1v) is 8.40. The Morgan fingerprint density at radius 1 is 0.950 bits per heavy atom. The second-order valence-electron chi connectivity index (χ2n) is 5.62. The lowest BCUT2D eigenvalue weighted by molar-refractivity contribution is 0.570. The van der Waals surface area contributed by atoms with Crippen molar-refractivity contribution < 1.29 is 8.42 Å². The molecule has 0 radical (unpaired) electrons. The van der Waals surface area contributed by atoms with E-state index in [1.165, 1.54) is 0 Å². The van der Waals surface area contributed by atoms with Gasteiger partial charge in [0, 0.05) is 12.6 Å². The van der Waals surface area contributed by atoms with Crippen LogP contribution in [0.4, 0.5) is 0 Å². The van der Waals surface area contributed by atoms with E-state index in [1.54, 1.807) is 0 Å². The van der Waals surface area contributed by atoms with E-state index in [1.807, 2.05) is 41.5 Å². The van der Waals surface area contributed by atoms with Crippen LogP contribution in [0.1, 0.15) is 41.2 Å². The van der Waals surface area contributed by atoms with E-state index in [0.29, 0.717) is 17.9 Å². The highest BCUT2D eigenvalue weighted by Gasteiger charge is 2.23. The summed E-state index contributed by atoms with van der Waals surface area (Å²) >= 11 is 0. The molecule has 0 saturated carbocycles. The summed E-state index contributed by atoms with van der Waals surface area (Å²) in [6, 6.07) is -0.0126. The molecule has 20 heavy (non-hydrogen) atoms. The van der Waals surface area contributed by atoms with E-state index in [9.17, 15) is 8.42 Å². The van der Waals surface area contributed by atoms with Gasteiger partial charge in [-0.2, -0.15) is 0 Å². The molecule has 1 aromatic rings. The van der Waals surface area contributed by atoms with Crippen molar-refractivity contribution in [2.75, 3.05) is 6.54 Å². The number of sulfonamides is 1. The van der Waals surface area contributed by atoms with Crippen LogP contribution in [0.15, 0.2) is 4.90 Å². The molecule has 0 saturated heterocycles. The highest BCUT2D eigenvalue weighted by Crippen LogP contribution is 2.29. The summed E-state index contributed by atoms with van der Waals surface area (Å²) in [5.41, 5.74) is 10.6. The minimum absolute atomic E-state index is 0.0126. The van der Waals surface area contributed by atoms with E-state index in [-0.39, 0.29) is 6.04 Å². The van der Waals surface area contributed by atoms with Crippen molar-refractivity contribution in [3.05, 3.63) is 27.8 Å². The number of hydrogen-bond acceptors (Lipinski definition) is 3. The maximum atomic E-state index is 12.5. The monoisotopic (exact) mass is 298 g/mol. The summed E-state index contributed by atoms with van der Waals surface area (Å²) < 4.78 is 27.7. The first kappa shape index (κ1) is 17.1. The molecule has 1 aromatic carbocycles. The van der Waals surface area contributed by atoms with Crippen LogP contribution in [0.25, 0.3) is 0 Å². The van der Waals surface area contributed by atoms with Crippen molar-refractivity contribution in [3.63, 3.8) is 0 Å². The molecule has 0 aliphatic carbocycles. The lowest BCUT2D eigenvalue weighted by atomic mass is 9.95. The van der Waals surface area contributed by atoms with Crippen LogP contribution >= 0.6 is 0 Å². The molecule has 0 spiro atoms. The molecule has 114 valence electrons. The molecule has 1 unspecified atom stereocenters. The smallest absolute Gasteiger partial charge is 0.241 e. The molecule has 5 heteroatoms. The number of nitrogens with two attached hydrogens (primary N) is 1. The van der Waals surface area contributed by atoms with Gasteiger partial charge in [-0.3, -0.25) is 0 Å². The van der Waals surface area contributed by atoms with Crippen LogP contribution < -0.4 is 10.5 Å². The molecule has 0 fully saturated rings. The zero-order valence-electron chi connectivity index (χ0n) is 13.3. The van der Waals surface area contributed by atoms with Gasteiger partial charge < -0.3 is 5.73 Å². The average molecular weight is 298 g/mol. The summed E-state index contributed by atoms with van der Waals surface area (Å²) in [5, 5.41) is 0. The molecule has 1 rings (SSSR count). The molecule has 4 nitrogen and oxygen atoms in total. The standard InChI is InChI=1S/C15H26N2O2S/c1-9(16)7-8-17-20(18,19)15-13(5)11(3)10(2)12(4)14(15)6/h9,17H,7-8,16H2,1-6H3. The Labute approximate surface area is 122 Å². The van der Waals surface area contributed by atoms with Gasteiger partial charge in [-0.1, -0.05) is 0 Å². The Kier molecular flexibility index (Phi) is 5.35. The third-order valence-corrected chi connectivity index (χ3v) is 5.83. The number of rotatable bonds is 5. The first-order chi connectivity index (χ1) is 9.09. The maximum absolute atomic E-state index is 12.5. The summed E-state index contributed by atoms with van der Waals surface area (Å²) in [6.45, 7) is 11.9. The topological polar surface area (TPSA) is 72.2 Å². The first-order valence-electron chi connectivity index (χ1n) is 6.91. The Bertz CT molecular complexity index is 576. The van der Waals surface area contributed by atoms with Crippen molar-refractivity contribution in [2.24, 2.45) is 5.73 Å². The van der Waals surface area contributed by atoms with Crippen molar-refractivity contribution in [1.29, 1.82) is 0 Å². The SMILES string of the molecule is Cc1c(C)c(C)c(S(=O)(=O)NCCC(C)N)c(C)c1C. The van der Waals surface area contributed by atoms with Gasteiger partial charge >= 0.3 is 0 Å². The van der Waals surface area contributed by atoms with Crippen molar-refractivity contribution in [2.45, 2.75) is 58.9 Å². The van der Waals surface area contributed by atoms with Gasteiger partial charge in [0.05, 0.1) is 4.90 Å². The number of benzene rings is 1. The predicted octanol–water partition coefficient (Wildman–Crippen LogP) is 2.24. The number of nitrogens with one attached hydrogen (secondary N) is 1. The Morgan fingerprint density at radius 2 is 1.35 bits per heavy atom. The second kappa shape index (κ2) is 6.24. The van der Waals surface area contributed by atoms with Crippen LogP contribution in [0, 0.1) is 34.6 Å². The van der Waals surface area contributed by atoms with E-state index < -0.39 is 10.0 Å². The summed E-state index contributed by atoms with van der Waals surface area (Å²) in [5.74, 6) is 0. The van der Waals surface area contributed by atoms with Gasteiger partial charge in [-0.15, -0.1) is 0 Å². The fraction of sp³-hybridized carbons (Fsp3) is 0.600. The Morgan fingerprint density at radius 3 is 1.75 bits per heavy atom. The third kappa shape index (κ3) is 3.40. The molecule has 1 atom stereocenters. The Balaban J connectivity index is 3.26. The molecule has 3 N–H and O–H groups in total. The molecular formula is C15H26N2O2S. The molecule has 0 aliphatic rings. The van der Waals surface area contributed by atoms with E-state index in [0.717, 1.165) is 27.8 Å². The molecular weight excluding hydrogens is 272 g/mol. The normalized spacial score (nSPS) is 13.6. The molecule has 0 aliphatic heterocycles. The van der Waals surface area contributed by atoms with E-state index in [2.05, 4.69) is 4.72 Å². The fourth-order valence-corrected chi connectivity index (χ4v) is 4.01. The zero-order chi connectivity index (χ0) is 15.7. The summed E-state index contributed by atoms with van der Waals surface area (Å²) in [4.78, 5) is 0.419. The average Bonchev–Trinajstić information content (AvgIpc) is 2.33. The van der Waals surface area contributed by atoms with Crippen LogP contribution in [-0.4, -0.2) is 21.0 Å².